The second kappa shape index (κ2) is 11.2. The molecule has 0 radical (unpaired) electrons. The van der Waals surface area contributed by atoms with E-state index in [1.807, 2.05) is 48.5 Å². The summed E-state index contributed by atoms with van der Waals surface area (Å²) >= 11 is 2.98. The number of nitrogens with one attached hydrogen (secondary N) is 4. The van der Waals surface area contributed by atoms with Gasteiger partial charge in [-0.1, -0.05) is 36.3 Å². The number of halogens is 1. The maximum atomic E-state index is 12.6. The zero-order chi connectivity index (χ0) is 22.9. The predicted octanol–water partition coefficient (Wildman–Crippen LogP) is 2.92. The second-order valence-corrected chi connectivity index (χ2v) is 7.45. The van der Waals surface area contributed by atoms with Gasteiger partial charge in [0, 0.05) is 35.0 Å². The minimum atomic E-state index is -0.874. The molecule has 2 aromatic carbocycles. The third kappa shape index (κ3) is 6.25. The number of aromatic amines is 1. The molecule has 2 atom stereocenters. The SMILES string of the molecule is CC(=O)N[C@H](C(=O)NCC#CBr)[C@@H](C)Oc1ccccc1CNc1nc2ccccc2[nH]1. The maximum absolute atomic E-state index is 12.6. The summed E-state index contributed by atoms with van der Waals surface area (Å²) in [5, 5.41) is 8.59. The fourth-order valence-corrected chi connectivity index (χ4v) is 3.28. The van der Waals surface area contributed by atoms with Crippen LogP contribution in [-0.4, -0.2) is 40.5 Å². The monoisotopic (exact) mass is 497 g/mol. The van der Waals surface area contributed by atoms with Crippen molar-refractivity contribution in [3.8, 4) is 16.5 Å². The second-order valence-electron chi connectivity index (χ2n) is 7.05. The van der Waals surface area contributed by atoms with Crippen molar-refractivity contribution in [2.75, 3.05) is 11.9 Å². The number of benzene rings is 2. The molecule has 0 saturated carbocycles. The Bertz CT molecular complexity index is 1120. The number of hydrogen-bond donors (Lipinski definition) is 4. The Hall–Kier alpha value is -3.51. The molecule has 9 heteroatoms. The number of hydrogen-bond acceptors (Lipinski definition) is 5. The lowest BCUT2D eigenvalue weighted by Gasteiger charge is -2.25. The van der Waals surface area contributed by atoms with Gasteiger partial charge in [-0.05, 0) is 30.0 Å². The van der Waals surface area contributed by atoms with Crippen molar-refractivity contribution in [2.45, 2.75) is 32.5 Å². The summed E-state index contributed by atoms with van der Waals surface area (Å²) in [7, 11) is 0. The molecule has 2 amide bonds. The summed E-state index contributed by atoms with van der Waals surface area (Å²) in [6.07, 6.45) is -0.622. The van der Waals surface area contributed by atoms with Crippen molar-refractivity contribution in [3.05, 3.63) is 54.1 Å². The summed E-state index contributed by atoms with van der Waals surface area (Å²) < 4.78 is 6.09. The molecular weight excluding hydrogens is 474 g/mol. The standard InChI is InChI=1S/C23H24BrN5O3/c1-15(21(27-16(2)30)22(31)25-13-7-12-24)32-20-11-6-3-8-17(20)14-26-23-28-18-9-4-5-10-19(18)29-23/h3-6,8-11,15,21H,13-14H2,1-2H3,(H,25,31)(H,27,30)(H2,26,28,29)/t15-,21+/m1/s1. The van der Waals surface area contributed by atoms with Crippen molar-refractivity contribution >= 4 is 44.7 Å². The van der Waals surface area contributed by atoms with Gasteiger partial charge in [0.25, 0.3) is 0 Å². The quantitative estimate of drug-likeness (QED) is 0.340. The first-order valence-corrected chi connectivity index (χ1v) is 10.8. The topological polar surface area (TPSA) is 108 Å². The minimum Gasteiger partial charge on any atom is -0.488 e. The molecule has 32 heavy (non-hydrogen) atoms. The fraction of sp³-hybridized carbons (Fsp3) is 0.261. The van der Waals surface area contributed by atoms with E-state index in [9.17, 15) is 9.59 Å². The first kappa shape index (κ1) is 23.2. The smallest absolute Gasteiger partial charge is 0.247 e. The van der Waals surface area contributed by atoms with E-state index in [0.29, 0.717) is 18.2 Å². The molecule has 0 bridgehead atoms. The van der Waals surface area contributed by atoms with Gasteiger partial charge in [0.2, 0.25) is 17.8 Å². The van der Waals surface area contributed by atoms with Crippen LogP contribution in [0.4, 0.5) is 5.95 Å². The number of imidazole rings is 1. The van der Waals surface area contributed by atoms with Crippen LogP contribution in [0.1, 0.15) is 19.4 Å². The van der Waals surface area contributed by atoms with Crippen LogP contribution >= 0.6 is 15.9 Å². The Balaban J connectivity index is 1.70. The molecule has 4 N–H and O–H groups in total. The lowest BCUT2D eigenvalue weighted by Crippen LogP contribution is -2.53. The average Bonchev–Trinajstić information content (AvgIpc) is 3.20. The zero-order valence-corrected chi connectivity index (χ0v) is 19.3. The number of ether oxygens (including phenoxy) is 1. The summed E-state index contributed by atoms with van der Waals surface area (Å²) in [5.41, 5.74) is 2.70. The number of para-hydroxylation sites is 3. The van der Waals surface area contributed by atoms with Crippen molar-refractivity contribution in [2.24, 2.45) is 0 Å². The first-order chi connectivity index (χ1) is 15.5. The van der Waals surface area contributed by atoms with Crippen LogP contribution in [0.5, 0.6) is 5.75 Å². The van der Waals surface area contributed by atoms with Crippen LogP contribution < -0.4 is 20.7 Å². The van der Waals surface area contributed by atoms with Gasteiger partial charge in [-0.25, -0.2) is 4.98 Å². The number of rotatable bonds is 9. The largest absolute Gasteiger partial charge is 0.488 e. The molecule has 0 unspecified atom stereocenters. The number of nitrogens with zero attached hydrogens (tertiary/aromatic N) is 1. The third-order valence-corrected chi connectivity index (χ3v) is 4.93. The van der Waals surface area contributed by atoms with E-state index in [0.717, 1.165) is 16.6 Å². The summed E-state index contributed by atoms with van der Waals surface area (Å²) in [6, 6.07) is 14.4. The van der Waals surface area contributed by atoms with Crippen molar-refractivity contribution in [3.63, 3.8) is 0 Å². The molecular formula is C23H24BrN5O3. The van der Waals surface area contributed by atoms with E-state index in [4.69, 9.17) is 4.74 Å². The van der Waals surface area contributed by atoms with Crippen molar-refractivity contribution in [1.29, 1.82) is 0 Å². The van der Waals surface area contributed by atoms with Gasteiger partial charge in [0.1, 0.15) is 17.9 Å². The summed E-state index contributed by atoms with van der Waals surface area (Å²) in [6.45, 7) is 3.71. The average molecular weight is 498 g/mol. The van der Waals surface area contributed by atoms with Gasteiger partial charge >= 0.3 is 0 Å². The lowest BCUT2D eigenvalue weighted by atomic mass is 10.1. The number of H-pyrrole nitrogens is 1. The van der Waals surface area contributed by atoms with Gasteiger partial charge in [0.05, 0.1) is 17.6 Å². The highest BCUT2D eigenvalue weighted by Gasteiger charge is 2.27. The zero-order valence-electron chi connectivity index (χ0n) is 17.7. The van der Waals surface area contributed by atoms with Gasteiger partial charge in [-0.15, -0.1) is 0 Å². The van der Waals surface area contributed by atoms with Gasteiger partial charge in [0.15, 0.2) is 0 Å². The molecule has 166 valence electrons. The summed E-state index contributed by atoms with van der Waals surface area (Å²) in [4.78, 5) is 34.5. The molecule has 3 rings (SSSR count). The lowest BCUT2D eigenvalue weighted by molar-refractivity contribution is -0.130. The number of fused-ring (bicyclic) bond motifs is 1. The van der Waals surface area contributed by atoms with Crippen LogP contribution in [0.15, 0.2) is 48.5 Å². The highest BCUT2D eigenvalue weighted by atomic mass is 79.9. The molecule has 0 aliphatic rings. The number of anilines is 1. The molecule has 8 nitrogen and oxygen atoms in total. The molecule has 0 aliphatic heterocycles. The number of amides is 2. The normalized spacial score (nSPS) is 12.2. The first-order valence-electron chi connectivity index (χ1n) is 10.0. The Morgan fingerprint density at radius 2 is 1.94 bits per heavy atom. The van der Waals surface area contributed by atoms with E-state index >= 15 is 0 Å². The molecule has 0 aliphatic carbocycles. The van der Waals surface area contributed by atoms with E-state index in [1.54, 1.807) is 6.92 Å². The fourth-order valence-electron chi connectivity index (χ4n) is 3.14. The van der Waals surface area contributed by atoms with Crippen molar-refractivity contribution in [1.82, 2.24) is 20.6 Å². The van der Waals surface area contributed by atoms with Gasteiger partial charge < -0.3 is 25.7 Å². The number of aromatic nitrogens is 2. The van der Waals surface area contributed by atoms with Crippen LogP contribution in [-0.2, 0) is 16.1 Å². The molecule has 3 aromatic rings. The Morgan fingerprint density at radius 3 is 2.69 bits per heavy atom. The van der Waals surface area contributed by atoms with E-state index in [-0.39, 0.29) is 18.4 Å². The van der Waals surface area contributed by atoms with E-state index in [1.165, 1.54) is 6.92 Å². The molecule has 1 aromatic heterocycles. The predicted molar refractivity (Wildman–Crippen MR) is 127 cm³/mol. The number of carbonyl (C=O) groups excluding carboxylic acids is 2. The Labute approximate surface area is 194 Å². The van der Waals surface area contributed by atoms with Gasteiger partial charge in [-0.3, -0.25) is 9.59 Å². The van der Waals surface area contributed by atoms with E-state index in [2.05, 4.69) is 52.6 Å². The molecule has 1 heterocycles. The van der Waals surface area contributed by atoms with Crippen molar-refractivity contribution < 1.29 is 14.3 Å². The minimum absolute atomic E-state index is 0.158. The Morgan fingerprint density at radius 1 is 1.19 bits per heavy atom. The van der Waals surface area contributed by atoms with Crippen LogP contribution in [0.2, 0.25) is 0 Å². The highest BCUT2D eigenvalue weighted by Crippen LogP contribution is 2.22. The number of carbonyl (C=O) groups is 2. The summed E-state index contributed by atoms with van der Waals surface area (Å²) in [5.74, 6) is 3.24. The third-order valence-electron chi connectivity index (χ3n) is 4.65. The molecule has 0 spiro atoms. The molecule has 0 fully saturated rings. The van der Waals surface area contributed by atoms with Crippen LogP contribution in [0, 0.1) is 10.8 Å². The van der Waals surface area contributed by atoms with Crippen LogP contribution in [0.3, 0.4) is 0 Å². The van der Waals surface area contributed by atoms with E-state index < -0.39 is 12.1 Å². The highest BCUT2D eigenvalue weighted by molar-refractivity contribution is 9.12. The Kier molecular flexibility index (Phi) is 8.11. The maximum Gasteiger partial charge on any atom is 0.247 e. The van der Waals surface area contributed by atoms with Crippen LogP contribution in [0.25, 0.3) is 11.0 Å². The van der Waals surface area contributed by atoms with Gasteiger partial charge in [-0.2, -0.15) is 0 Å². The molecule has 0 saturated heterocycles.